The predicted molar refractivity (Wildman–Crippen MR) is 172 cm³/mol. The second-order valence-corrected chi connectivity index (χ2v) is 12.7. The number of esters is 2. The van der Waals surface area contributed by atoms with Crippen LogP contribution in [0, 0.1) is 17.8 Å². The van der Waals surface area contributed by atoms with Gasteiger partial charge in [-0.05, 0) is 41.7 Å². The summed E-state index contributed by atoms with van der Waals surface area (Å²) in [6, 6.07) is 13.9. The molecule has 2 aromatic rings. The second-order valence-electron chi connectivity index (χ2n) is 12.3. The van der Waals surface area contributed by atoms with Crippen LogP contribution in [0.25, 0.3) is 0 Å². The fraction of sp³-hybridized carbons (Fsp3) is 0.486. The van der Waals surface area contributed by atoms with Crippen molar-refractivity contribution in [3.8, 4) is 5.75 Å². The number of methoxy groups -OCH3 is 1. The Kier molecular flexibility index (Phi) is 12.2. The van der Waals surface area contributed by atoms with Gasteiger partial charge in [-0.3, -0.25) is 14.4 Å². The molecule has 2 heterocycles. The molecule has 2 aromatic carbocycles. The molecule has 4 rings (SSSR count). The maximum absolute atomic E-state index is 13.5. The maximum Gasteiger partial charge on any atom is 0.347 e. The highest BCUT2D eigenvalue weighted by Crippen LogP contribution is 2.45. The molecule has 1 saturated heterocycles. The van der Waals surface area contributed by atoms with E-state index >= 15 is 0 Å². The molecule has 11 heteroatoms. The van der Waals surface area contributed by atoms with Gasteiger partial charge in [0.15, 0.2) is 6.10 Å². The molecule has 248 valence electrons. The van der Waals surface area contributed by atoms with Crippen LogP contribution in [0.1, 0.15) is 57.8 Å². The SMILES string of the molecule is COc1ccc(C[C@@H]2NC(=O)/C=C\C[C@@H]([C@H](C)[C@H]3O[C@@H]3c3ccccc3)OC(=O)[C@H](CC(C)C)OC(=O)[C@H](C)CNC2=O)cc1Cl. The van der Waals surface area contributed by atoms with E-state index in [1.54, 1.807) is 31.2 Å². The van der Waals surface area contributed by atoms with Crippen LogP contribution in [0.2, 0.25) is 5.02 Å². The molecule has 0 bridgehead atoms. The first-order valence-electron chi connectivity index (χ1n) is 15.6. The summed E-state index contributed by atoms with van der Waals surface area (Å²) in [4.78, 5) is 52.9. The number of halogens is 1. The molecule has 2 N–H and O–H groups in total. The van der Waals surface area contributed by atoms with E-state index in [-0.39, 0.29) is 49.9 Å². The fourth-order valence-electron chi connectivity index (χ4n) is 5.39. The summed E-state index contributed by atoms with van der Waals surface area (Å²) in [6.45, 7) is 7.31. The first-order valence-corrected chi connectivity index (χ1v) is 16.0. The van der Waals surface area contributed by atoms with Crippen molar-refractivity contribution in [3.05, 3.63) is 76.8 Å². The van der Waals surface area contributed by atoms with Gasteiger partial charge in [-0.25, -0.2) is 4.79 Å². The topological polar surface area (TPSA) is 133 Å². The highest BCUT2D eigenvalue weighted by atomic mass is 35.5. The van der Waals surface area contributed by atoms with Crippen LogP contribution in [-0.2, 0) is 39.8 Å². The Balaban J connectivity index is 1.58. The third-order valence-electron chi connectivity index (χ3n) is 8.14. The molecule has 0 radical (unpaired) electrons. The number of amides is 2. The van der Waals surface area contributed by atoms with Gasteiger partial charge in [-0.15, -0.1) is 0 Å². The normalized spacial score (nSPS) is 27.5. The van der Waals surface area contributed by atoms with Gasteiger partial charge < -0.3 is 29.6 Å². The summed E-state index contributed by atoms with van der Waals surface area (Å²) >= 11 is 6.30. The molecule has 1 fully saturated rings. The van der Waals surface area contributed by atoms with Crippen molar-refractivity contribution in [2.45, 2.75) is 77.4 Å². The van der Waals surface area contributed by atoms with Crippen LogP contribution in [0.5, 0.6) is 5.75 Å². The molecule has 46 heavy (non-hydrogen) atoms. The van der Waals surface area contributed by atoms with Crippen LogP contribution in [0.3, 0.4) is 0 Å². The number of nitrogens with one attached hydrogen (secondary N) is 2. The van der Waals surface area contributed by atoms with Crippen molar-refractivity contribution in [2.24, 2.45) is 17.8 Å². The number of benzene rings is 2. The zero-order valence-corrected chi connectivity index (χ0v) is 27.6. The molecule has 0 unspecified atom stereocenters. The van der Waals surface area contributed by atoms with Crippen molar-refractivity contribution in [1.29, 1.82) is 0 Å². The maximum atomic E-state index is 13.5. The number of rotatable bonds is 8. The van der Waals surface area contributed by atoms with Crippen molar-refractivity contribution in [1.82, 2.24) is 10.6 Å². The third kappa shape index (κ3) is 9.56. The third-order valence-corrected chi connectivity index (χ3v) is 8.44. The van der Waals surface area contributed by atoms with Crippen LogP contribution in [0.4, 0.5) is 0 Å². The van der Waals surface area contributed by atoms with E-state index in [9.17, 15) is 19.2 Å². The van der Waals surface area contributed by atoms with E-state index in [0.717, 1.165) is 5.56 Å². The summed E-state index contributed by atoms with van der Waals surface area (Å²) in [5.41, 5.74) is 1.73. The Bertz CT molecular complexity index is 1410. The number of carbonyl (C=O) groups excluding carboxylic acids is 4. The molecular formula is C35H43ClN2O8. The van der Waals surface area contributed by atoms with Crippen LogP contribution >= 0.6 is 11.6 Å². The lowest BCUT2D eigenvalue weighted by Gasteiger charge is -2.27. The van der Waals surface area contributed by atoms with E-state index in [2.05, 4.69) is 10.6 Å². The highest BCUT2D eigenvalue weighted by Gasteiger charge is 2.47. The summed E-state index contributed by atoms with van der Waals surface area (Å²) in [5.74, 6) is -2.78. The zero-order chi connectivity index (χ0) is 33.4. The Morgan fingerprint density at radius 2 is 1.74 bits per heavy atom. The Labute approximate surface area is 275 Å². The summed E-state index contributed by atoms with van der Waals surface area (Å²) in [7, 11) is 1.51. The van der Waals surface area contributed by atoms with Crippen LogP contribution < -0.4 is 15.4 Å². The molecule has 0 aliphatic carbocycles. The van der Waals surface area contributed by atoms with E-state index < -0.39 is 47.9 Å². The number of carbonyl (C=O) groups is 4. The van der Waals surface area contributed by atoms with Gasteiger partial charge in [-0.2, -0.15) is 0 Å². The van der Waals surface area contributed by atoms with E-state index in [0.29, 0.717) is 16.3 Å². The second kappa shape index (κ2) is 16.1. The summed E-state index contributed by atoms with van der Waals surface area (Å²) < 4.78 is 22.9. The minimum Gasteiger partial charge on any atom is -0.495 e. The number of ether oxygens (including phenoxy) is 4. The quantitative estimate of drug-likeness (QED) is 0.308. The van der Waals surface area contributed by atoms with Crippen molar-refractivity contribution < 1.29 is 38.1 Å². The van der Waals surface area contributed by atoms with E-state index in [4.69, 9.17) is 30.5 Å². The zero-order valence-electron chi connectivity index (χ0n) is 26.9. The van der Waals surface area contributed by atoms with Gasteiger partial charge in [0, 0.05) is 25.3 Å². The molecular weight excluding hydrogens is 612 g/mol. The fourth-order valence-corrected chi connectivity index (χ4v) is 5.67. The van der Waals surface area contributed by atoms with Crippen molar-refractivity contribution in [3.63, 3.8) is 0 Å². The largest absolute Gasteiger partial charge is 0.495 e. The predicted octanol–water partition coefficient (Wildman–Crippen LogP) is 4.73. The monoisotopic (exact) mass is 654 g/mol. The number of hydrogen-bond acceptors (Lipinski definition) is 8. The molecule has 0 saturated carbocycles. The van der Waals surface area contributed by atoms with Gasteiger partial charge in [0.2, 0.25) is 11.8 Å². The van der Waals surface area contributed by atoms with Gasteiger partial charge >= 0.3 is 11.9 Å². The molecule has 0 aromatic heterocycles. The van der Waals surface area contributed by atoms with Gasteiger partial charge in [-0.1, -0.05) is 81.8 Å². The van der Waals surface area contributed by atoms with Gasteiger partial charge in [0.1, 0.15) is 24.0 Å². The summed E-state index contributed by atoms with van der Waals surface area (Å²) in [5, 5.41) is 5.86. The van der Waals surface area contributed by atoms with E-state index in [1.807, 2.05) is 51.1 Å². The lowest BCUT2D eigenvalue weighted by atomic mass is 9.93. The lowest BCUT2D eigenvalue weighted by Crippen LogP contribution is -2.49. The Hall–Kier alpha value is -3.89. The first-order chi connectivity index (χ1) is 22.0. The minimum atomic E-state index is -1.13. The number of epoxide rings is 1. The smallest absolute Gasteiger partial charge is 0.347 e. The minimum absolute atomic E-state index is 0.0341. The molecule has 2 aliphatic heterocycles. The lowest BCUT2D eigenvalue weighted by molar-refractivity contribution is -0.176. The number of cyclic esters (lactones) is 2. The van der Waals surface area contributed by atoms with Gasteiger partial charge in [0.25, 0.3) is 0 Å². The van der Waals surface area contributed by atoms with Gasteiger partial charge in [0.05, 0.1) is 24.2 Å². The van der Waals surface area contributed by atoms with Crippen LogP contribution in [-0.4, -0.2) is 61.8 Å². The average Bonchev–Trinajstić information content (AvgIpc) is 3.83. The summed E-state index contributed by atoms with van der Waals surface area (Å²) in [6.07, 6.45) is 1.40. The van der Waals surface area contributed by atoms with E-state index in [1.165, 1.54) is 13.2 Å². The molecule has 10 nitrogen and oxygen atoms in total. The molecule has 7 atom stereocenters. The highest BCUT2D eigenvalue weighted by molar-refractivity contribution is 6.32. The standard InChI is InChI=1S/C35H43ClN2O8/c1-20(2)16-29-35(42)44-27(22(4)31-32(46-31)24-10-7-6-8-11-24)12-9-13-30(39)38-26(33(40)37-19-21(3)34(41)45-29)18-23-14-15-28(43-5)25(36)17-23/h6-11,13-15,17,20-22,26-27,29,31-32H,12,16,18-19H2,1-5H3,(H,37,40)(H,38,39)/b13-9-/t21-,22+,26+,27+,29+,31-,32-/m1/s1. The first kappa shape index (κ1) is 35.0. The van der Waals surface area contributed by atoms with Crippen LogP contribution in [0.15, 0.2) is 60.7 Å². The number of hydrogen-bond donors (Lipinski definition) is 2. The Morgan fingerprint density at radius 1 is 1.00 bits per heavy atom. The van der Waals surface area contributed by atoms with Crippen molar-refractivity contribution >= 4 is 35.4 Å². The molecule has 2 aliphatic rings. The Morgan fingerprint density at radius 3 is 2.41 bits per heavy atom. The van der Waals surface area contributed by atoms with Crippen molar-refractivity contribution in [2.75, 3.05) is 13.7 Å². The average molecular weight is 655 g/mol. The molecule has 2 amide bonds. The molecule has 0 spiro atoms.